The maximum Gasteiger partial charge on any atom is 0.191 e. The predicted molar refractivity (Wildman–Crippen MR) is 128 cm³/mol. The number of halogens is 1. The molecule has 2 aromatic rings. The summed E-state index contributed by atoms with van der Waals surface area (Å²) in [6.07, 6.45) is 3.86. The number of morpholine rings is 1. The van der Waals surface area contributed by atoms with Crippen LogP contribution in [0.4, 0.5) is 0 Å². The van der Waals surface area contributed by atoms with Gasteiger partial charge in [0.1, 0.15) is 5.82 Å². The van der Waals surface area contributed by atoms with E-state index in [4.69, 9.17) is 4.74 Å². The molecule has 0 aliphatic carbocycles. The number of rotatable bonds is 7. The molecule has 1 aliphatic heterocycles. The number of guanidine groups is 1. The average molecular weight is 512 g/mol. The third kappa shape index (κ3) is 6.97. The minimum atomic E-state index is 0. The molecule has 1 aromatic heterocycles. The fourth-order valence-electron chi connectivity index (χ4n) is 3.40. The van der Waals surface area contributed by atoms with Crippen LogP contribution in [-0.2, 0) is 17.8 Å². The molecule has 1 aromatic carbocycles. The summed E-state index contributed by atoms with van der Waals surface area (Å²) in [4.78, 5) is 11.3. The summed E-state index contributed by atoms with van der Waals surface area (Å²) >= 11 is 0. The van der Waals surface area contributed by atoms with Gasteiger partial charge in [0.2, 0.25) is 0 Å². The van der Waals surface area contributed by atoms with Gasteiger partial charge in [-0.1, -0.05) is 30.3 Å². The van der Waals surface area contributed by atoms with Crippen LogP contribution in [-0.4, -0.2) is 65.8 Å². The Morgan fingerprint density at radius 2 is 1.90 bits per heavy atom. The Hall–Kier alpha value is -1.65. The van der Waals surface area contributed by atoms with Crippen molar-refractivity contribution in [1.29, 1.82) is 0 Å². The molecule has 160 valence electrons. The Balaban J connectivity index is 0.00000300. The fraction of sp³-hybridized carbons (Fsp3) is 0.524. The van der Waals surface area contributed by atoms with E-state index in [1.807, 2.05) is 18.5 Å². The first-order chi connectivity index (χ1) is 13.6. The Kier molecular flexibility index (Phi) is 9.38. The number of aliphatic imine (C=N–C) groups is 1. The highest BCUT2D eigenvalue weighted by Gasteiger charge is 2.28. The van der Waals surface area contributed by atoms with Crippen LogP contribution in [0.15, 0.2) is 47.7 Å². The average Bonchev–Trinajstić information content (AvgIpc) is 3.16. The molecule has 1 fully saturated rings. The maximum atomic E-state index is 5.47. The minimum absolute atomic E-state index is 0. The van der Waals surface area contributed by atoms with Crippen LogP contribution in [0.3, 0.4) is 0 Å². The first-order valence-corrected chi connectivity index (χ1v) is 9.90. The number of ether oxygens (including phenoxy) is 1. The second kappa shape index (κ2) is 11.5. The lowest BCUT2D eigenvalue weighted by Crippen LogP contribution is -2.56. The van der Waals surface area contributed by atoms with Crippen molar-refractivity contribution in [2.24, 2.45) is 4.99 Å². The van der Waals surface area contributed by atoms with Gasteiger partial charge in [-0.2, -0.15) is 0 Å². The number of benzene rings is 1. The van der Waals surface area contributed by atoms with Crippen LogP contribution in [0, 0.1) is 0 Å². The van der Waals surface area contributed by atoms with Gasteiger partial charge in [0, 0.05) is 51.2 Å². The van der Waals surface area contributed by atoms with Crippen LogP contribution in [0.1, 0.15) is 25.2 Å². The normalized spacial score (nSPS) is 15.6. The number of nitrogens with zero attached hydrogens (tertiary/aromatic N) is 4. The van der Waals surface area contributed by atoms with Gasteiger partial charge in [-0.3, -0.25) is 9.89 Å². The predicted octanol–water partition coefficient (Wildman–Crippen LogP) is 2.33. The van der Waals surface area contributed by atoms with Crippen molar-refractivity contribution in [3.8, 4) is 0 Å². The molecule has 0 amide bonds. The summed E-state index contributed by atoms with van der Waals surface area (Å²) in [5.74, 6) is 1.77. The molecule has 0 spiro atoms. The number of nitrogens with one attached hydrogen (secondary N) is 2. The molecule has 0 atom stereocenters. The van der Waals surface area contributed by atoms with E-state index in [0.717, 1.165) is 51.2 Å². The van der Waals surface area contributed by atoms with Gasteiger partial charge in [-0.15, -0.1) is 24.0 Å². The van der Waals surface area contributed by atoms with Crippen molar-refractivity contribution in [2.75, 3.05) is 39.9 Å². The zero-order valence-electron chi connectivity index (χ0n) is 17.6. The molecular weight excluding hydrogens is 479 g/mol. The zero-order chi connectivity index (χ0) is 19.8. The summed E-state index contributed by atoms with van der Waals surface area (Å²) in [7, 11) is 1.80. The molecular formula is C21H33IN6O. The lowest BCUT2D eigenvalue weighted by molar-refractivity contribution is -0.00834. The zero-order valence-corrected chi connectivity index (χ0v) is 19.9. The van der Waals surface area contributed by atoms with Gasteiger partial charge in [0.05, 0.1) is 19.8 Å². The summed E-state index contributed by atoms with van der Waals surface area (Å²) in [5, 5.41) is 6.84. The smallest absolute Gasteiger partial charge is 0.191 e. The third-order valence-electron chi connectivity index (χ3n) is 5.19. The van der Waals surface area contributed by atoms with E-state index in [2.05, 4.69) is 68.2 Å². The van der Waals surface area contributed by atoms with Gasteiger partial charge in [-0.25, -0.2) is 4.98 Å². The van der Waals surface area contributed by atoms with E-state index in [1.54, 1.807) is 7.05 Å². The van der Waals surface area contributed by atoms with Crippen LogP contribution in [0.5, 0.6) is 0 Å². The summed E-state index contributed by atoms with van der Waals surface area (Å²) < 4.78 is 7.63. The highest BCUT2D eigenvalue weighted by atomic mass is 127. The standard InChI is InChI=1S/C21H32N6O.HI/c1-21(2,27-11-13-28-14-12-27)17-25-20(22-3)24-15-19-23-9-10-26(19)16-18-7-5-4-6-8-18;/h4-10H,11-17H2,1-3H3,(H2,22,24,25);1H. The van der Waals surface area contributed by atoms with Crippen LogP contribution in [0.2, 0.25) is 0 Å². The second-order valence-corrected chi connectivity index (χ2v) is 7.65. The van der Waals surface area contributed by atoms with Crippen molar-refractivity contribution in [1.82, 2.24) is 25.1 Å². The molecule has 0 bridgehead atoms. The molecule has 1 aliphatic rings. The van der Waals surface area contributed by atoms with Crippen molar-refractivity contribution < 1.29 is 4.74 Å². The Bertz CT molecular complexity index is 756. The van der Waals surface area contributed by atoms with Crippen molar-refractivity contribution in [3.63, 3.8) is 0 Å². The fourth-order valence-corrected chi connectivity index (χ4v) is 3.40. The largest absolute Gasteiger partial charge is 0.379 e. The number of imidazole rings is 1. The minimum Gasteiger partial charge on any atom is -0.379 e. The monoisotopic (exact) mass is 512 g/mol. The quantitative estimate of drug-likeness (QED) is 0.339. The molecule has 0 saturated carbocycles. The van der Waals surface area contributed by atoms with Crippen molar-refractivity contribution in [3.05, 3.63) is 54.1 Å². The van der Waals surface area contributed by atoms with E-state index >= 15 is 0 Å². The van der Waals surface area contributed by atoms with Gasteiger partial charge in [-0.05, 0) is 19.4 Å². The molecule has 3 rings (SSSR count). The third-order valence-corrected chi connectivity index (χ3v) is 5.19. The van der Waals surface area contributed by atoms with E-state index in [0.29, 0.717) is 6.54 Å². The van der Waals surface area contributed by atoms with E-state index in [9.17, 15) is 0 Å². The van der Waals surface area contributed by atoms with Gasteiger partial charge >= 0.3 is 0 Å². The van der Waals surface area contributed by atoms with E-state index in [-0.39, 0.29) is 29.5 Å². The molecule has 0 unspecified atom stereocenters. The second-order valence-electron chi connectivity index (χ2n) is 7.65. The maximum absolute atomic E-state index is 5.47. The SMILES string of the molecule is CN=C(NCc1nccn1Cc1ccccc1)NCC(C)(C)N1CCOCC1.I. The number of aromatic nitrogens is 2. The first kappa shape index (κ1) is 23.6. The molecule has 0 radical (unpaired) electrons. The number of hydrogen-bond donors (Lipinski definition) is 2. The molecule has 7 nitrogen and oxygen atoms in total. The van der Waals surface area contributed by atoms with Crippen LogP contribution >= 0.6 is 24.0 Å². The van der Waals surface area contributed by atoms with Crippen molar-refractivity contribution in [2.45, 2.75) is 32.5 Å². The highest BCUT2D eigenvalue weighted by Crippen LogP contribution is 2.15. The number of hydrogen-bond acceptors (Lipinski definition) is 4. The first-order valence-electron chi connectivity index (χ1n) is 9.90. The molecule has 1 saturated heterocycles. The topological polar surface area (TPSA) is 66.7 Å². The van der Waals surface area contributed by atoms with E-state index in [1.165, 1.54) is 5.56 Å². The van der Waals surface area contributed by atoms with Crippen LogP contribution in [0.25, 0.3) is 0 Å². The van der Waals surface area contributed by atoms with Gasteiger partial charge in [0.25, 0.3) is 0 Å². The Morgan fingerprint density at radius 3 is 2.59 bits per heavy atom. The van der Waals surface area contributed by atoms with Gasteiger partial charge < -0.3 is 19.9 Å². The van der Waals surface area contributed by atoms with Gasteiger partial charge in [0.15, 0.2) is 5.96 Å². The van der Waals surface area contributed by atoms with Crippen molar-refractivity contribution >= 4 is 29.9 Å². The summed E-state index contributed by atoms with van der Waals surface area (Å²) in [6, 6.07) is 10.4. The van der Waals surface area contributed by atoms with E-state index < -0.39 is 0 Å². The Labute approximate surface area is 191 Å². The molecule has 2 N–H and O–H groups in total. The summed E-state index contributed by atoms with van der Waals surface area (Å²) in [6.45, 7) is 10.3. The van der Waals surface area contributed by atoms with Crippen LogP contribution < -0.4 is 10.6 Å². The molecule has 29 heavy (non-hydrogen) atoms. The summed E-state index contributed by atoms with van der Waals surface area (Å²) in [5.41, 5.74) is 1.30. The lowest BCUT2D eigenvalue weighted by Gasteiger charge is -2.41. The lowest BCUT2D eigenvalue weighted by atomic mass is 10.0. The molecule has 8 heteroatoms. The Morgan fingerprint density at radius 1 is 1.17 bits per heavy atom. The highest BCUT2D eigenvalue weighted by molar-refractivity contribution is 14.0. The molecule has 2 heterocycles.